The normalized spacial score (nSPS) is 13.3. The maximum Gasteiger partial charge on any atom is 0.0570 e. The highest BCUT2D eigenvalue weighted by Crippen LogP contribution is 2.05. The van der Waals surface area contributed by atoms with Gasteiger partial charge in [0.05, 0.1) is 6.10 Å². The summed E-state index contributed by atoms with van der Waals surface area (Å²) in [4.78, 5) is 0. The molecule has 1 unspecified atom stereocenters. The summed E-state index contributed by atoms with van der Waals surface area (Å²) in [7, 11) is 1.15. The van der Waals surface area contributed by atoms with Crippen molar-refractivity contribution in [2.24, 2.45) is 0 Å². The van der Waals surface area contributed by atoms with Gasteiger partial charge in [0, 0.05) is 16.5 Å². The lowest BCUT2D eigenvalue weighted by molar-refractivity contribution is 0.0780. The van der Waals surface area contributed by atoms with E-state index in [4.69, 9.17) is 4.74 Å². The van der Waals surface area contributed by atoms with Crippen molar-refractivity contribution in [3.8, 4) is 0 Å². The molecule has 10 heavy (non-hydrogen) atoms. The van der Waals surface area contributed by atoms with Crippen molar-refractivity contribution in [3.05, 3.63) is 12.7 Å². The molecule has 0 spiro atoms. The Balaban J connectivity index is 3.29. The van der Waals surface area contributed by atoms with Crippen molar-refractivity contribution in [2.75, 3.05) is 6.23 Å². The lowest BCUT2D eigenvalue weighted by atomic mass is 10.1. The molecular weight excluding hydrogens is 140 g/mol. The SMILES string of the molecule is C=CCCC(CC)OC[SiH3]. The van der Waals surface area contributed by atoms with Crippen LogP contribution in [-0.2, 0) is 4.74 Å². The van der Waals surface area contributed by atoms with Crippen molar-refractivity contribution in [2.45, 2.75) is 32.3 Å². The van der Waals surface area contributed by atoms with Gasteiger partial charge < -0.3 is 4.74 Å². The van der Waals surface area contributed by atoms with Gasteiger partial charge in [-0.15, -0.1) is 6.58 Å². The highest BCUT2D eigenvalue weighted by Gasteiger charge is 2.02. The molecule has 0 bridgehead atoms. The fraction of sp³-hybridized carbons (Fsp3) is 0.750. The third-order valence-corrected chi connectivity index (χ3v) is 1.88. The van der Waals surface area contributed by atoms with E-state index in [-0.39, 0.29) is 0 Å². The number of ether oxygens (including phenoxy) is 1. The Morgan fingerprint density at radius 2 is 2.40 bits per heavy atom. The van der Waals surface area contributed by atoms with Gasteiger partial charge in [0.25, 0.3) is 0 Å². The van der Waals surface area contributed by atoms with Gasteiger partial charge in [0.15, 0.2) is 0 Å². The summed E-state index contributed by atoms with van der Waals surface area (Å²) in [5.41, 5.74) is 0. The van der Waals surface area contributed by atoms with Crippen LogP contribution in [0.2, 0.25) is 0 Å². The molecule has 0 saturated heterocycles. The van der Waals surface area contributed by atoms with Gasteiger partial charge >= 0.3 is 0 Å². The minimum absolute atomic E-state index is 0.482. The van der Waals surface area contributed by atoms with Gasteiger partial charge in [0.1, 0.15) is 0 Å². The summed E-state index contributed by atoms with van der Waals surface area (Å²) >= 11 is 0. The van der Waals surface area contributed by atoms with Crippen LogP contribution in [0.4, 0.5) is 0 Å². The molecule has 0 fully saturated rings. The Morgan fingerprint density at radius 3 is 2.80 bits per heavy atom. The van der Waals surface area contributed by atoms with Gasteiger partial charge in [-0.1, -0.05) is 13.0 Å². The van der Waals surface area contributed by atoms with Crippen LogP contribution in [0.5, 0.6) is 0 Å². The van der Waals surface area contributed by atoms with E-state index in [2.05, 4.69) is 13.5 Å². The van der Waals surface area contributed by atoms with Crippen molar-refractivity contribution < 1.29 is 4.74 Å². The summed E-state index contributed by atoms with van der Waals surface area (Å²) < 4.78 is 5.51. The molecule has 0 amide bonds. The van der Waals surface area contributed by atoms with E-state index in [0.29, 0.717) is 6.10 Å². The molecule has 0 aliphatic rings. The average molecular weight is 158 g/mol. The van der Waals surface area contributed by atoms with Gasteiger partial charge in [-0.2, -0.15) is 0 Å². The van der Waals surface area contributed by atoms with E-state index in [1.807, 2.05) is 6.08 Å². The highest BCUT2D eigenvalue weighted by atomic mass is 28.1. The van der Waals surface area contributed by atoms with Gasteiger partial charge in [-0.05, 0) is 19.3 Å². The van der Waals surface area contributed by atoms with Gasteiger partial charge in [-0.25, -0.2) is 0 Å². The minimum atomic E-state index is 0.482. The van der Waals surface area contributed by atoms with E-state index in [9.17, 15) is 0 Å². The molecule has 0 aliphatic heterocycles. The van der Waals surface area contributed by atoms with E-state index in [0.717, 1.165) is 35.7 Å². The van der Waals surface area contributed by atoms with Crippen LogP contribution >= 0.6 is 0 Å². The van der Waals surface area contributed by atoms with Crippen molar-refractivity contribution in [1.29, 1.82) is 0 Å². The molecule has 0 aliphatic carbocycles. The zero-order chi connectivity index (χ0) is 7.82. The zero-order valence-electron chi connectivity index (χ0n) is 7.10. The number of hydrogen-bond acceptors (Lipinski definition) is 1. The van der Waals surface area contributed by atoms with E-state index >= 15 is 0 Å². The molecule has 0 radical (unpaired) electrons. The second-order valence-corrected chi connectivity index (χ2v) is 2.93. The number of rotatable bonds is 6. The first-order valence-electron chi connectivity index (χ1n) is 4.07. The van der Waals surface area contributed by atoms with Crippen LogP contribution in [0.1, 0.15) is 26.2 Å². The van der Waals surface area contributed by atoms with E-state index < -0.39 is 0 Å². The van der Waals surface area contributed by atoms with Crippen molar-refractivity contribution >= 4 is 10.2 Å². The number of allylic oxidation sites excluding steroid dienone is 1. The first-order valence-corrected chi connectivity index (χ1v) is 5.49. The molecule has 0 heterocycles. The van der Waals surface area contributed by atoms with E-state index in [1.54, 1.807) is 0 Å². The molecule has 0 aromatic rings. The number of hydrogen-bond donors (Lipinski definition) is 0. The molecule has 1 nitrogen and oxygen atoms in total. The van der Waals surface area contributed by atoms with Crippen LogP contribution in [-0.4, -0.2) is 22.6 Å². The fourth-order valence-corrected chi connectivity index (χ4v) is 1.42. The van der Waals surface area contributed by atoms with Gasteiger partial charge in [0.2, 0.25) is 0 Å². The topological polar surface area (TPSA) is 9.23 Å². The summed E-state index contributed by atoms with van der Waals surface area (Å²) in [6.45, 7) is 5.85. The summed E-state index contributed by atoms with van der Waals surface area (Å²) in [6, 6.07) is 0. The quantitative estimate of drug-likeness (QED) is 0.415. The predicted octanol–water partition coefficient (Wildman–Crippen LogP) is 1.07. The molecule has 0 aromatic carbocycles. The largest absolute Gasteiger partial charge is 0.383 e. The van der Waals surface area contributed by atoms with Crippen LogP contribution in [0.15, 0.2) is 12.7 Å². The molecule has 0 aromatic heterocycles. The molecule has 60 valence electrons. The second-order valence-electron chi connectivity index (χ2n) is 2.35. The third kappa shape index (κ3) is 4.76. The Kier molecular flexibility index (Phi) is 6.97. The third-order valence-electron chi connectivity index (χ3n) is 1.55. The summed E-state index contributed by atoms with van der Waals surface area (Å²) in [6.07, 6.45) is 6.77. The fourth-order valence-electron chi connectivity index (χ4n) is 0.945. The van der Waals surface area contributed by atoms with Crippen molar-refractivity contribution in [3.63, 3.8) is 0 Å². The van der Waals surface area contributed by atoms with Crippen LogP contribution in [0.25, 0.3) is 0 Å². The average Bonchev–Trinajstić information content (AvgIpc) is 1.98. The second kappa shape index (κ2) is 7.03. The monoisotopic (exact) mass is 158 g/mol. The molecule has 0 N–H and O–H groups in total. The van der Waals surface area contributed by atoms with E-state index in [1.165, 1.54) is 0 Å². The first kappa shape index (κ1) is 9.92. The Hall–Kier alpha value is -0.0831. The van der Waals surface area contributed by atoms with Crippen LogP contribution < -0.4 is 0 Å². The minimum Gasteiger partial charge on any atom is -0.383 e. The van der Waals surface area contributed by atoms with Crippen LogP contribution in [0, 0.1) is 0 Å². The Bertz CT molecular complexity index is 83.3. The van der Waals surface area contributed by atoms with Gasteiger partial charge in [-0.3, -0.25) is 0 Å². The Labute approximate surface area is 66.9 Å². The maximum atomic E-state index is 5.51. The van der Waals surface area contributed by atoms with Crippen LogP contribution in [0.3, 0.4) is 0 Å². The smallest absolute Gasteiger partial charge is 0.0570 e. The first-order chi connectivity index (χ1) is 4.85. The maximum absolute atomic E-state index is 5.51. The molecule has 0 rings (SSSR count). The lowest BCUT2D eigenvalue weighted by Gasteiger charge is -2.12. The molecule has 0 saturated carbocycles. The zero-order valence-corrected chi connectivity index (χ0v) is 9.10. The summed E-state index contributed by atoms with van der Waals surface area (Å²) in [5, 5.41) is 0. The standard InChI is InChI=1S/C8H18OSi/c1-3-5-6-8(4-2)9-7-10/h3,8H,1,4-7H2,2,10H3. The highest BCUT2D eigenvalue weighted by molar-refractivity contribution is 6.08. The molecule has 1 atom stereocenters. The Morgan fingerprint density at radius 1 is 1.70 bits per heavy atom. The molecule has 2 heteroatoms. The predicted molar refractivity (Wildman–Crippen MR) is 49.4 cm³/mol. The lowest BCUT2D eigenvalue weighted by Crippen LogP contribution is -2.11. The summed E-state index contributed by atoms with van der Waals surface area (Å²) in [5.74, 6) is 0. The van der Waals surface area contributed by atoms with Crippen molar-refractivity contribution in [1.82, 2.24) is 0 Å². The molecular formula is C8H18OSi.